The molecular formula is C13H13ClFNO3Si. The molecule has 0 aliphatic rings. The van der Waals surface area contributed by atoms with Gasteiger partial charge in [-0.15, -0.1) is 0 Å². The molecule has 0 bridgehead atoms. The third kappa shape index (κ3) is 2.36. The quantitative estimate of drug-likeness (QED) is 0.866. The minimum absolute atomic E-state index is 0.0363. The van der Waals surface area contributed by atoms with Gasteiger partial charge in [-0.1, -0.05) is 31.2 Å². The lowest BCUT2D eigenvalue weighted by Crippen LogP contribution is -2.35. The van der Waals surface area contributed by atoms with Gasteiger partial charge in [0.15, 0.2) is 8.24 Å². The summed E-state index contributed by atoms with van der Waals surface area (Å²) in [5, 5.41) is 9.07. The van der Waals surface area contributed by atoms with Crippen molar-refractivity contribution < 1.29 is 14.3 Å². The zero-order chi connectivity index (χ0) is 15.2. The Bertz CT molecular complexity index is 780. The smallest absolute Gasteiger partial charge is 0.341 e. The summed E-state index contributed by atoms with van der Waals surface area (Å²) in [6.45, 7) is 5.96. The summed E-state index contributed by atoms with van der Waals surface area (Å²) in [5.41, 5.74) is -0.593. The van der Waals surface area contributed by atoms with Gasteiger partial charge in [0.1, 0.15) is 11.4 Å². The molecule has 1 heterocycles. The highest BCUT2D eigenvalue weighted by Gasteiger charge is 2.23. The second-order valence-corrected chi connectivity index (χ2v) is 10.7. The first kappa shape index (κ1) is 14.7. The number of fused-ring (bicyclic) bond motifs is 1. The zero-order valence-corrected chi connectivity index (χ0v) is 13.0. The molecule has 2 aromatic rings. The maximum Gasteiger partial charge on any atom is 0.341 e. The highest BCUT2D eigenvalue weighted by Crippen LogP contribution is 2.24. The van der Waals surface area contributed by atoms with E-state index < -0.39 is 25.5 Å². The average molecular weight is 314 g/mol. The predicted molar refractivity (Wildman–Crippen MR) is 78.9 cm³/mol. The van der Waals surface area contributed by atoms with Gasteiger partial charge >= 0.3 is 5.97 Å². The van der Waals surface area contributed by atoms with Crippen molar-refractivity contribution in [3.8, 4) is 0 Å². The van der Waals surface area contributed by atoms with E-state index in [-0.39, 0.29) is 16.0 Å². The van der Waals surface area contributed by atoms with Gasteiger partial charge in [-0.25, -0.2) is 9.18 Å². The first-order valence-corrected chi connectivity index (χ1v) is 9.73. The molecule has 0 spiro atoms. The average Bonchev–Trinajstić information content (AvgIpc) is 2.30. The van der Waals surface area contributed by atoms with Crippen LogP contribution < -0.4 is 5.43 Å². The molecule has 0 aliphatic carbocycles. The Morgan fingerprint density at radius 3 is 2.45 bits per heavy atom. The normalized spacial score (nSPS) is 11.8. The number of hydrogen-bond donors (Lipinski definition) is 1. The standard InChI is InChI=1S/C13H13ClFNO3Si/c1-20(2,3)16-6-8(13(18)19)12(17)7-4-10(15)9(14)5-11(7)16/h4-6H,1-3H3,(H,18,19). The SMILES string of the molecule is C[Si](C)(C)n1cc(C(=O)O)c(=O)c2cc(F)c(Cl)cc21. The Balaban J connectivity index is 3.05. The maximum absolute atomic E-state index is 13.6. The van der Waals surface area contributed by atoms with E-state index in [9.17, 15) is 14.0 Å². The number of benzene rings is 1. The minimum Gasteiger partial charge on any atom is -0.477 e. The molecule has 0 amide bonds. The van der Waals surface area contributed by atoms with Gasteiger partial charge in [0.05, 0.1) is 5.02 Å². The van der Waals surface area contributed by atoms with E-state index >= 15 is 0 Å². The van der Waals surface area contributed by atoms with Crippen LogP contribution in [0.4, 0.5) is 4.39 Å². The van der Waals surface area contributed by atoms with Gasteiger partial charge in [-0.05, 0) is 12.1 Å². The molecular weight excluding hydrogens is 301 g/mol. The maximum atomic E-state index is 13.6. The number of aromatic nitrogens is 1. The van der Waals surface area contributed by atoms with Crippen LogP contribution in [0.3, 0.4) is 0 Å². The van der Waals surface area contributed by atoms with Crippen LogP contribution in [0.2, 0.25) is 24.7 Å². The number of halogens is 2. The number of carbonyl (C=O) groups is 1. The third-order valence-electron chi connectivity index (χ3n) is 3.00. The number of hydrogen-bond acceptors (Lipinski definition) is 2. The molecule has 0 saturated heterocycles. The molecule has 0 fully saturated rings. The monoisotopic (exact) mass is 313 g/mol. The predicted octanol–water partition coefficient (Wildman–Crippen LogP) is 3.18. The lowest BCUT2D eigenvalue weighted by atomic mass is 10.1. The number of nitrogens with zero attached hydrogens (tertiary/aromatic N) is 1. The van der Waals surface area contributed by atoms with Crippen molar-refractivity contribution >= 4 is 36.7 Å². The third-order valence-corrected chi connectivity index (χ3v) is 5.10. The van der Waals surface area contributed by atoms with Crippen molar-refractivity contribution in [2.45, 2.75) is 19.6 Å². The van der Waals surface area contributed by atoms with Crippen LogP contribution >= 0.6 is 11.6 Å². The highest BCUT2D eigenvalue weighted by atomic mass is 35.5. The first-order valence-electron chi connectivity index (χ1n) is 5.91. The molecule has 1 N–H and O–H groups in total. The Morgan fingerprint density at radius 1 is 1.35 bits per heavy atom. The van der Waals surface area contributed by atoms with Gasteiger partial charge in [-0.3, -0.25) is 4.79 Å². The molecule has 2 rings (SSSR count). The Labute approximate surface area is 120 Å². The van der Waals surface area contributed by atoms with Crippen LogP contribution in [0, 0.1) is 5.82 Å². The van der Waals surface area contributed by atoms with Crippen LogP contribution in [-0.4, -0.2) is 23.5 Å². The summed E-state index contributed by atoms with van der Waals surface area (Å²) in [5.74, 6) is -2.06. The Kier molecular flexibility index (Phi) is 3.47. The van der Waals surface area contributed by atoms with Gasteiger partial charge in [0, 0.05) is 17.1 Å². The highest BCUT2D eigenvalue weighted by molar-refractivity contribution is 6.75. The summed E-state index contributed by atoms with van der Waals surface area (Å²) in [6.07, 6.45) is 1.33. The molecule has 1 aromatic heterocycles. The Hall–Kier alpha value is -1.66. The number of aromatic carboxylic acids is 1. The van der Waals surface area contributed by atoms with E-state index in [1.54, 1.807) is 4.23 Å². The van der Waals surface area contributed by atoms with Crippen LogP contribution in [0.5, 0.6) is 0 Å². The molecule has 0 unspecified atom stereocenters. The summed E-state index contributed by atoms with van der Waals surface area (Å²) in [6, 6.07) is 2.38. The summed E-state index contributed by atoms with van der Waals surface area (Å²) >= 11 is 5.77. The number of carboxylic acids is 1. The van der Waals surface area contributed by atoms with E-state index in [4.69, 9.17) is 16.7 Å². The number of carboxylic acid groups (broad SMARTS) is 1. The van der Waals surface area contributed by atoms with Crippen LogP contribution in [-0.2, 0) is 0 Å². The van der Waals surface area contributed by atoms with E-state index in [0.717, 1.165) is 6.07 Å². The lowest BCUT2D eigenvalue weighted by molar-refractivity contribution is 0.0695. The molecule has 0 saturated carbocycles. The number of rotatable bonds is 2. The summed E-state index contributed by atoms with van der Waals surface area (Å²) in [7, 11) is -2.00. The summed E-state index contributed by atoms with van der Waals surface area (Å²) in [4.78, 5) is 23.3. The largest absolute Gasteiger partial charge is 0.477 e. The van der Waals surface area contributed by atoms with Crippen molar-refractivity contribution in [2.75, 3.05) is 0 Å². The number of pyridine rings is 1. The molecule has 4 nitrogen and oxygen atoms in total. The van der Waals surface area contributed by atoms with E-state index in [1.807, 2.05) is 19.6 Å². The van der Waals surface area contributed by atoms with Gasteiger partial charge in [0.2, 0.25) is 5.43 Å². The van der Waals surface area contributed by atoms with E-state index in [0.29, 0.717) is 5.52 Å². The molecule has 20 heavy (non-hydrogen) atoms. The molecule has 106 valence electrons. The zero-order valence-electron chi connectivity index (χ0n) is 11.2. The van der Waals surface area contributed by atoms with Crippen molar-refractivity contribution in [3.63, 3.8) is 0 Å². The summed E-state index contributed by atoms with van der Waals surface area (Å²) < 4.78 is 15.3. The first-order chi connectivity index (χ1) is 9.12. The molecule has 0 radical (unpaired) electrons. The fourth-order valence-corrected chi connectivity index (χ4v) is 3.61. The van der Waals surface area contributed by atoms with Crippen molar-refractivity contribution in [1.29, 1.82) is 0 Å². The fourth-order valence-electron chi connectivity index (χ4n) is 2.03. The van der Waals surface area contributed by atoms with E-state index in [1.165, 1.54) is 12.3 Å². The lowest BCUT2D eigenvalue weighted by Gasteiger charge is -2.24. The van der Waals surface area contributed by atoms with Crippen LogP contribution in [0.15, 0.2) is 23.1 Å². The molecule has 0 aliphatic heterocycles. The van der Waals surface area contributed by atoms with E-state index in [2.05, 4.69) is 0 Å². The van der Waals surface area contributed by atoms with Crippen LogP contribution in [0.25, 0.3) is 10.9 Å². The van der Waals surface area contributed by atoms with Gasteiger partial charge in [0.25, 0.3) is 0 Å². The van der Waals surface area contributed by atoms with Crippen LogP contribution in [0.1, 0.15) is 10.4 Å². The van der Waals surface area contributed by atoms with Gasteiger partial charge in [-0.2, -0.15) is 0 Å². The van der Waals surface area contributed by atoms with Crippen molar-refractivity contribution in [1.82, 2.24) is 4.23 Å². The van der Waals surface area contributed by atoms with Crippen molar-refractivity contribution in [2.24, 2.45) is 0 Å². The van der Waals surface area contributed by atoms with Crippen molar-refractivity contribution in [3.05, 3.63) is 45.0 Å². The second kappa shape index (κ2) is 4.71. The van der Waals surface area contributed by atoms with Gasteiger partial charge < -0.3 is 9.34 Å². The molecule has 0 atom stereocenters. The molecule has 7 heteroatoms. The second-order valence-electron chi connectivity index (χ2n) is 5.50. The fraction of sp³-hybridized carbons (Fsp3) is 0.231. The topological polar surface area (TPSA) is 59.3 Å². The Morgan fingerprint density at radius 2 is 1.95 bits per heavy atom. The minimum atomic E-state index is -2.00. The molecule has 1 aromatic carbocycles.